The van der Waals surface area contributed by atoms with E-state index in [0.717, 1.165) is 16.5 Å². The van der Waals surface area contributed by atoms with Gasteiger partial charge in [0.25, 0.3) is 0 Å². The summed E-state index contributed by atoms with van der Waals surface area (Å²) in [7, 11) is 0. The van der Waals surface area contributed by atoms with E-state index >= 15 is 0 Å². The van der Waals surface area contributed by atoms with Gasteiger partial charge in [0, 0.05) is 16.4 Å². The van der Waals surface area contributed by atoms with Gasteiger partial charge < -0.3 is 10.1 Å². The highest BCUT2D eigenvalue weighted by atomic mass is 35.5. The zero-order valence-electron chi connectivity index (χ0n) is 13.5. The standard InChI is InChI=1S/C17H21ClN2O2S/c1-11(2)12(3)19-16(21)8-14-10-23-17(20-14)9-22-15-6-4-13(18)5-7-15/h4-7,10-12H,8-9H2,1-3H3,(H,19,21). The van der Waals surface area contributed by atoms with E-state index in [1.165, 1.54) is 11.3 Å². The molecular formula is C17H21ClN2O2S. The molecule has 1 aromatic heterocycles. The van der Waals surface area contributed by atoms with Gasteiger partial charge in [0.1, 0.15) is 17.4 Å². The van der Waals surface area contributed by atoms with Crippen molar-refractivity contribution < 1.29 is 9.53 Å². The second kappa shape index (κ2) is 8.31. The minimum atomic E-state index is 0.00155. The van der Waals surface area contributed by atoms with E-state index in [1.807, 2.05) is 24.4 Å². The minimum Gasteiger partial charge on any atom is -0.486 e. The number of carbonyl (C=O) groups excluding carboxylic acids is 1. The Balaban J connectivity index is 1.83. The van der Waals surface area contributed by atoms with Gasteiger partial charge >= 0.3 is 0 Å². The lowest BCUT2D eigenvalue weighted by Crippen LogP contribution is -2.37. The lowest BCUT2D eigenvalue weighted by Gasteiger charge is -2.16. The summed E-state index contributed by atoms with van der Waals surface area (Å²) < 4.78 is 5.65. The van der Waals surface area contributed by atoms with E-state index in [1.54, 1.807) is 12.1 Å². The Hall–Kier alpha value is -1.59. The van der Waals surface area contributed by atoms with Crippen LogP contribution in [0.15, 0.2) is 29.6 Å². The third-order valence-corrected chi connectivity index (χ3v) is 4.63. The average Bonchev–Trinajstić information content (AvgIpc) is 2.93. The van der Waals surface area contributed by atoms with Crippen LogP contribution in [-0.2, 0) is 17.8 Å². The lowest BCUT2D eigenvalue weighted by molar-refractivity contribution is -0.121. The number of ether oxygens (including phenoxy) is 1. The quantitative estimate of drug-likeness (QED) is 0.816. The molecule has 124 valence electrons. The maximum absolute atomic E-state index is 12.0. The Bertz CT molecular complexity index is 640. The van der Waals surface area contributed by atoms with Crippen molar-refractivity contribution in [3.05, 3.63) is 45.4 Å². The zero-order valence-corrected chi connectivity index (χ0v) is 15.1. The van der Waals surface area contributed by atoms with Gasteiger partial charge in [-0.1, -0.05) is 25.4 Å². The maximum Gasteiger partial charge on any atom is 0.226 e. The van der Waals surface area contributed by atoms with Crippen molar-refractivity contribution in [1.29, 1.82) is 0 Å². The highest BCUT2D eigenvalue weighted by Gasteiger charge is 2.13. The number of hydrogen-bond acceptors (Lipinski definition) is 4. The molecule has 6 heteroatoms. The van der Waals surface area contributed by atoms with Gasteiger partial charge in [-0.2, -0.15) is 0 Å². The fourth-order valence-corrected chi connectivity index (χ4v) is 2.64. The topological polar surface area (TPSA) is 51.2 Å². The van der Waals surface area contributed by atoms with Crippen LogP contribution in [0.2, 0.25) is 5.02 Å². The molecule has 0 fully saturated rings. The van der Waals surface area contributed by atoms with Crippen molar-refractivity contribution in [3.8, 4) is 5.75 Å². The molecule has 0 saturated carbocycles. The highest BCUT2D eigenvalue weighted by molar-refractivity contribution is 7.09. The van der Waals surface area contributed by atoms with E-state index in [2.05, 4.69) is 24.1 Å². The molecule has 1 heterocycles. The molecule has 0 spiro atoms. The van der Waals surface area contributed by atoms with Crippen molar-refractivity contribution in [2.24, 2.45) is 5.92 Å². The van der Waals surface area contributed by atoms with E-state index in [-0.39, 0.29) is 11.9 Å². The van der Waals surface area contributed by atoms with Gasteiger partial charge in [-0.3, -0.25) is 4.79 Å². The summed E-state index contributed by atoms with van der Waals surface area (Å²) >= 11 is 7.33. The fraction of sp³-hybridized carbons (Fsp3) is 0.412. The summed E-state index contributed by atoms with van der Waals surface area (Å²) in [6.07, 6.45) is 0.300. The summed E-state index contributed by atoms with van der Waals surface area (Å²) in [5.41, 5.74) is 0.776. The van der Waals surface area contributed by atoms with Gasteiger partial charge in [0.15, 0.2) is 0 Å². The van der Waals surface area contributed by atoms with E-state index in [0.29, 0.717) is 24.0 Å². The van der Waals surface area contributed by atoms with Crippen molar-refractivity contribution in [2.75, 3.05) is 0 Å². The highest BCUT2D eigenvalue weighted by Crippen LogP contribution is 2.18. The Morgan fingerprint density at radius 3 is 2.65 bits per heavy atom. The normalized spacial score (nSPS) is 12.2. The van der Waals surface area contributed by atoms with Gasteiger partial charge in [-0.25, -0.2) is 4.98 Å². The number of nitrogens with zero attached hydrogens (tertiary/aromatic N) is 1. The Morgan fingerprint density at radius 1 is 1.30 bits per heavy atom. The number of halogens is 1. The molecule has 1 atom stereocenters. The first-order valence-corrected chi connectivity index (χ1v) is 8.81. The van der Waals surface area contributed by atoms with Crippen molar-refractivity contribution >= 4 is 28.8 Å². The average molecular weight is 353 g/mol. The van der Waals surface area contributed by atoms with Crippen molar-refractivity contribution in [1.82, 2.24) is 10.3 Å². The second-order valence-corrected chi connectivity index (χ2v) is 7.13. The lowest BCUT2D eigenvalue weighted by atomic mass is 10.1. The number of rotatable bonds is 7. The van der Waals surface area contributed by atoms with Gasteiger partial charge in [-0.15, -0.1) is 11.3 Å². The largest absolute Gasteiger partial charge is 0.486 e. The van der Waals surface area contributed by atoms with Crippen LogP contribution in [0, 0.1) is 5.92 Å². The molecule has 23 heavy (non-hydrogen) atoms. The summed E-state index contributed by atoms with van der Waals surface area (Å²) in [5, 5.41) is 6.41. The molecule has 0 radical (unpaired) electrons. The molecule has 1 aromatic carbocycles. The Labute approximate surface area is 145 Å². The predicted octanol–water partition coefficient (Wildman–Crippen LogP) is 4.08. The number of nitrogens with one attached hydrogen (secondary N) is 1. The molecule has 0 aliphatic heterocycles. The SMILES string of the molecule is CC(C)C(C)NC(=O)Cc1csc(COc2ccc(Cl)cc2)n1. The van der Waals surface area contributed by atoms with Gasteiger partial charge in [0.05, 0.1) is 12.1 Å². The first kappa shape index (κ1) is 17.8. The minimum absolute atomic E-state index is 0.00155. The first-order chi connectivity index (χ1) is 10.9. The number of hydrogen-bond donors (Lipinski definition) is 1. The van der Waals surface area contributed by atoms with E-state index < -0.39 is 0 Å². The molecule has 0 saturated heterocycles. The van der Waals surface area contributed by atoms with Crippen LogP contribution in [0.5, 0.6) is 5.75 Å². The smallest absolute Gasteiger partial charge is 0.226 e. The maximum atomic E-state index is 12.0. The molecule has 1 amide bonds. The summed E-state index contributed by atoms with van der Waals surface area (Å²) in [6, 6.07) is 7.36. The monoisotopic (exact) mass is 352 g/mol. The van der Waals surface area contributed by atoms with Gasteiger partial charge in [0.2, 0.25) is 5.91 Å². The summed E-state index contributed by atoms with van der Waals surface area (Å²) in [4.78, 5) is 16.4. The fourth-order valence-electron chi connectivity index (χ4n) is 1.81. The van der Waals surface area contributed by atoms with Crippen LogP contribution in [0.4, 0.5) is 0 Å². The van der Waals surface area contributed by atoms with Crippen LogP contribution in [0.1, 0.15) is 31.5 Å². The Kier molecular flexibility index (Phi) is 6.42. The predicted molar refractivity (Wildman–Crippen MR) is 94.0 cm³/mol. The van der Waals surface area contributed by atoms with Crippen LogP contribution < -0.4 is 10.1 Å². The molecule has 0 bridgehead atoms. The molecule has 1 unspecified atom stereocenters. The van der Waals surface area contributed by atoms with Crippen molar-refractivity contribution in [2.45, 2.75) is 39.8 Å². The molecule has 2 aromatic rings. The summed E-state index contributed by atoms with van der Waals surface area (Å²) in [6.45, 7) is 6.56. The first-order valence-electron chi connectivity index (χ1n) is 7.55. The molecule has 4 nitrogen and oxygen atoms in total. The third-order valence-electron chi connectivity index (χ3n) is 3.51. The number of benzene rings is 1. The van der Waals surface area contributed by atoms with Crippen LogP contribution in [0.25, 0.3) is 0 Å². The van der Waals surface area contributed by atoms with Crippen LogP contribution in [0.3, 0.4) is 0 Å². The van der Waals surface area contributed by atoms with Crippen LogP contribution >= 0.6 is 22.9 Å². The second-order valence-electron chi connectivity index (χ2n) is 5.75. The zero-order chi connectivity index (χ0) is 16.8. The van der Waals surface area contributed by atoms with E-state index in [9.17, 15) is 4.79 Å². The molecule has 2 rings (SSSR count). The number of amides is 1. The van der Waals surface area contributed by atoms with Gasteiger partial charge in [-0.05, 0) is 37.1 Å². The number of aromatic nitrogens is 1. The third kappa shape index (κ3) is 5.84. The molecule has 0 aliphatic rings. The van der Waals surface area contributed by atoms with Crippen LogP contribution in [-0.4, -0.2) is 16.9 Å². The van der Waals surface area contributed by atoms with Crippen molar-refractivity contribution in [3.63, 3.8) is 0 Å². The number of thiazole rings is 1. The molecule has 0 aliphatic carbocycles. The molecule has 1 N–H and O–H groups in total. The summed E-state index contributed by atoms with van der Waals surface area (Å²) in [5.74, 6) is 1.16. The van der Waals surface area contributed by atoms with E-state index in [4.69, 9.17) is 16.3 Å². The Morgan fingerprint density at radius 2 is 2.00 bits per heavy atom. The molecular weight excluding hydrogens is 332 g/mol. The number of carbonyl (C=O) groups is 1.